The smallest absolute Gasteiger partial charge is 0.250 e. The van der Waals surface area contributed by atoms with E-state index in [4.69, 9.17) is 17.3 Å². The lowest BCUT2D eigenvalue weighted by Gasteiger charge is -2.03. The van der Waals surface area contributed by atoms with Gasteiger partial charge in [-0.2, -0.15) is 0 Å². The summed E-state index contributed by atoms with van der Waals surface area (Å²) in [5.74, 6) is 0. The van der Waals surface area contributed by atoms with Crippen LogP contribution in [0.2, 0.25) is 5.02 Å². The third kappa shape index (κ3) is 3.94. The summed E-state index contributed by atoms with van der Waals surface area (Å²) in [6.07, 6.45) is 0.328. The highest BCUT2D eigenvalue weighted by Gasteiger charge is 2.18. The van der Waals surface area contributed by atoms with E-state index >= 15 is 0 Å². The first-order chi connectivity index (χ1) is 7.33. The predicted octanol–water partition coefficient (Wildman–Crippen LogP) is 2.12. The molecule has 0 fully saturated rings. The molecule has 0 atom stereocenters. The molecule has 9 heteroatoms. The molecule has 90 valence electrons. The summed E-state index contributed by atoms with van der Waals surface area (Å²) in [5, 5.41) is 0.375. The summed E-state index contributed by atoms with van der Waals surface area (Å²) in [6.45, 7) is 0.185. The van der Waals surface area contributed by atoms with E-state index in [2.05, 4.69) is 32.9 Å². The van der Waals surface area contributed by atoms with Gasteiger partial charge < -0.3 is 5.73 Å². The molecule has 0 aromatic carbocycles. The highest BCUT2D eigenvalue weighted by atomic mass is 79.9. The molecular formula is C7H8BrClN2O2S3. The van der Waals surface area contributed by atoms with Gasteiger partial charge >= 0.3 is 0 Å². The van der Waals surface area contributed by atoms with E-state index in [0.717, 1.165) is 11.3 Å². The molecule has 0 aliphatic rings. The highest BCUT2D eigenvalue weighted by molar-refractivity contribution is 9.11. The Labute approximate surface area is 116 Å². The maximum Gasteiger partial charge on any atom is 0.250 e. The van der Waals surface area contributed by atoms with E-state index in [1.807, 2.05) is 0 Å². The Bertz CT molecular complexity index is 480. The average molecular weight is 364 g/mol. The van der Waals surface area contributed by atoms with Crippen LogP contribution >= 0.6 is 51.1 Å². The molecule has 0 saturated carbocycles. The SMILES string of the molecule is NC(=S)CCNS(=O)(=O)c1cc(Cl)c(Br)s1. The number of nitrogens with one attached hydrogen (secondary N) is 1. The van der Waals surface area contributed by atoms with Gasteiger partial charge in [0.1, 0.15) is 4.21 Å². The van der Waals surface area contributed by atoms with Gasteiger partial charge in [-0.15, -0.1) is 11.3 Å². The van der Waals surface area contributed by atoms with Crippen LogP contribution in [-0.2, 0) is 10.0 Å². The first-order valence-corrected chi connectivity index (χ1v) is 7.93. The van der Waals surface area contributed by atoms with Crippen LogP contribution in [0.25, 0.3) is 0 Å². The van der Waals surface area contributed by atoms with E-state index in [1.54, 1.807) is 0 Å². The molecule has 0 unspecified atom stereocenters. The number of hydrogen-bond acceptors (Lipinski definition) is 4. The molecule has 0 amide bonds. The Morgan fingerprint density at radius 2 is 2.31 bits per heavy atom. The minimum atomic E-state index is -3.52. The molecule has 1 heterocycles. The average Bonchev–Trinajstić information content (AvgIpc) is 2.46. The van der Waals surface area contributed by atoms with Crippen molar-refractivity contribution in [2.75, 3.05) is 6.54 Å². The summed E-state index contributed by atoms with van der Waals surface area (Å²) in [6, 6.07) is 1.39. The fourth-order valence-electron chi connectivity index (χ4n) is 0.839. The molecule has 1 rings (SSSR count). The summed E-state index contributed by atoms with van der Waals surface area (Å²) in [5.41, 5.74) is 5.26. The molecule has 1 aromatic rings. The maximum atomic E-state index is 11.7. The molecule has 1 aromatic heterocycles. The lowest BCUT2D eigenvalue weighted by Crippen LogP contribution is -2.26. The van der Waals surface area contributed by atoms with Crippen molar-refractivity contribution in [1.29, 1.82) is 0 Å². The summed E-state index contributed by atoms with van der Waals surface area (Å²) in [4.78, 5) is 0.271. The Kier molecular flexibility index (Phi) is 5.14. The van der Waals surface area contributed by atoms with Gasteiger partial charge in [0.05, 0.1) is 13.8 Å². The van der Waals surface area contributed by atoms with E-state index in [-0.39, 0.29) is 15.7 Å². The standard InChI is InChI=1S/C7H8BrClN2O2S3/c8-7-4(9)3-6(15-7)16(12,13)11-2-1-5(10)14/h3,11H,1-2H2,(H2,10,14). The van der Waals surface area contributed by atoms with Crippen LogP contribution in [0.15, 0.2) is 14.1 Å². The van der Waals surface area contributed by atoms with Gasteiger partial charge in [0.15, 0.2) is 0 Å². The van der Waals surface area contributed by atoms with Gasteiger partial charge in [0.2, 0.25) is 10.0 Å². The number of nitrogens with two attached hydrogens (primary N) is 1. The quantitative estimate of drug-likeness (QED) is 0.786. The molecule has 4 nitrogen and oxygen atoms in total. The first kappa shape index (κ1) is 14.3. The van der Waals surface area contributed by atoms with Crippen molar-refractivity contribution in [3.05, 3.63) is 14.9 Å². The Balaban J connectivity index is 2.74. The number of thiophene rings is 1. The zero-order valence-corrected chi connectivity index (χ0v) is 12.7. The van der Waals surface area contributed by atoms with Crippen molar-refractivity contribution in [2.24, 2.45) is 5.73 Å². The van der Waals surface area contributed by atoms with Crippen molar-refractivity contribution in [1.82, 2.24) is 4.72 Å². The van der Waals surface area contributed by atoms with Crippen LogP contribution < -0.4 is 10.5 Å². The van der Waals surface area contributed by atoms with Gasteiger partial charge in [-0.05, 0) is 22.0 Å². The lowest BCUT2D eigenvalue weighted by molar-refractivity contribution is 0.585. The van der Waals surface area contributed by atoms with Crippen molar-refractivity contribution in [2.45, 2.75) is 10.6 Å². The number of hydrogen-bond donors (Lipinski definition) is 2. The normalized spacial score (nSPS) is 11.6. The van der Waals surface area contributed by atoms with Crippen LogP contribution in [0.4, 0.5) is 0 Å². The van der Waals surface area contributed by atoms with Crippen LogP contribution in [0.3, 0.4) is 0 Å². The number of halogens is 2. The second kappa shape index (κ2) is 5.74. The molecule has 0 bridgehead atoms. The topological polar surface area (TPSA) is 72.2 Å². The number of sulfonamides is 1. The van der Waals surface area contributed by atoms with Crippen molar-refractivity contribution < 1.29 is 8.42 Å². The van der Waals surface area contributed by atoms with E-state index in [9.17, 15) is 8.42 Å². The summed E-state index contributed by atoms with van der Waals surface area (Å²) >= 11 is 14.6. The van der Waals surface area contributed by atoms with Gasteiger partial charge in [0, 0.05) is 13.0 Å². The van der Waals surface area contributed by atoms with E-state index in [1.165, 1.54) is 6.07 Å². The van der Waals surface area contributed by atoms with Gasteiger partial charge in [-0.25, -0.2) is 13.1 Å². The maximum absolute atomic E-state index is 11.7. The largest absolute Gasteiger partial charge is 0.393 e. The van der Waals surface area contributed by atoms with Gasteiger partial charge in [0.25, 0.3) is 0 Å². The second-order valence-corrected chi connectivity index (χ2v) is 8.10. The fourth-order valence-corrected chi connectivity index (χ4v) is 4.42. The van der Waals surface area contributed by atoms with E-state index < -0.39 is 10.0 Å². The lowest BCUT2D eigenvalue weighted by atomic mass is 10.4. The highest BCUT2D eigenvalue weighted by Crippen LogP contribution is 2.34. The molecule has 0 radical (unpaired) electrons. The Hall–Kier alpha value is 0.270. The van der Waals surface area contributed by atoms with Crippen LogP contribution in [0, 0.1) is 0 Å². The molecule has 16 heavy (non-hydrogen) atoms. The third-order valence-electron chi connectivity index (χ3n) is 1.55. The van der Waals surface area contributed by atoms with Gasteiger partial charge in [-0.1, -0.05) is 23.8 Å². The second-order valence-electron chi connectivity index (χ2n) is 2.80. The third-order valence-corrected chi connectivity index (χ3v) is 6.16. The molecule has 0 spiro atoms. The van der Waals surface area contributed by atoms with Crippen molar-refractivity contribution in [3.63, 3.8) is 0 Å². The minimum absolute atomic E-state index is 0.160. The Morgan fingerprint density at radius 1 is 1.69 bits per heavy atom. The summed E-state index contributed by atoms with van der Waals surface area (Å²) < 4.78 is 26.6. The molecular weight excluding hydrogens is 356 g/mol. The van der Waals surface area contributed by atoms with Crippen LogP contribution in [0.5, 0.6) is 0 Å². The van der Waals surface area contributed by atoms with Gasteiger partial charge in [-0.3, -0.25) is 0 Å². The molecule has 0 aliphatic heterocycles. The van der Waals surface area contributed by atoms with E-state index in [0.29, 0.717) is 15.2 Å². The first-order valence-electron chi connectivity index (χ1n) is 4.06. The van der Waals surface area contributed by atoms with Crippen LogP contribution in [0.1, 0.15) is 6.42 Å². The predicted molar refractivity (Wildman–Crippen MR) is 73.6 cm³/mol. The fraction of sp³-hybridized carbons (Fsp3) is 0.286. The Morgan fingerprint density at radius 3 is 2.75 bits per heavy atom. The zero-order chi connectivity index (χ0) is 12.3. The monoisotopic (exact) mass is 362 g/mol. The number of thiocarbonyl (C=S) groups is 1. The zero-order valence-electron chi connectivity index (χ0n) is 7.87. The van der Waals surface area contributed by atoms with Crippen molar-refractivity contribution >= 4 is 66.1 Å². The molecule has 3 N–H and O–H groups in total. The minimum Gasteiger partial charge on any atom is -0.393 e. The van der Waals surface area contributed by atoms with Crippen molar-refractivity contribution in [3.8, 4) is 0 Å². The molecule has 0 aliphatic carbocycles. The summed E-state index contributed by atoms with van der Waals surface area (Å²) in [7, 11) is -3.52. The van der Waals surface area contributed by atoms with Crippen LogP contribution in [-0.4, -0.2) is 20.0 Å². The number of rotatable bonds is 5. The molecule has 0 saturated heterocycles.